The summed E-state index contributed by atoms with van der Waals surface area (Å²) in [5.74, 6) is -0.0625. The summed E-state index contributed by atoms with van der Waals surface area (Å²) in [5, 5.41) is 2.92. The highest BCUT2D eigenvalue weighted by Gasteiger charge is 2.34. The lowest BCUT2D eigenvalue weighted by Crippen LogP contribution is -2.59. The summed E-state index contributed by atoms with van der Waals surface area (Å²) >= 11 is 3.40. The summed E-state index contributed by atoms with van der Waals surface area (Å²) in [6, 6.07) is 13.4. The fourth-order valence-electron chi connectivity index (χ4n) is 3.39. The zero-order chi connectivity index (χ0) is 23.7. The Morgan fingerprint density at radius 3 is 2.19 bits per heavy atom. The number of piperazine rings is 1. The van der Waals surface area contributed by atoms with Gasteiger partial charge in [0.1, 0.15) is 5.60 Å². The van der Waals surface area contributed by atoms with Crippen LogP contribution in [0.1, 0.15) is 34.6 Å². The smallest absolute Gasteiger partial charge is 0.410 e. The van der Waals surface area contributed by atoms with Gasteiger partial charge in [-0.25, -0.2) is 4.79 Å². The third-order valence-electron chi connectivity index (χ3n) is 4.75. The molecule has 32 heavy (non-hydrogen) atoms. The number of nitrogens with one attached hydrogen (secondary N) is 1. The van der Waals surface area contributed by atoms with Crippen LogP contribution < -0.4 is 5.32 Å². The van der Waals surface area contributed by atoms with E-state index < -0.39 is 5.60 Å². The minimum Gasteiger partial charge on any atom is -0.444 e. The number of ether oxygens (including phenoxy) is 1. The topological polar surface area (TPSA) is 74.8 Å². The van der Waals surface area contributed by atoms with Crippen LogP contribution in [0, 0.1) is 0 Å². The molecule has 1 aliphatic heterocycles. The quantitative estimate of drug-likeness (QED) is 0.649. The number of carbonyl (C=O) groups is 2. The molecule has 0 saturated carbocycles. The molecule has 8 heteroatoms. The van der Waals surface area contributed by atoms with Crippen LogP contribution in [-0.2, 0) is 9.53 Å². The monoisotopic (exact) mass is 504 g/mol. The second-order valence-corrected chi connectivity index (χ2v) is 9.75. The van der Waals surface area contributed by atoms with E-state index in [1.807, 2.05) is 77.1 Å². The maximum absolute atomic E-state index is 12.4. The Kier molecular flexibility index (Phi) is 9.65. The lowest BCUT2D eigenvalue weighted by atomic mass is 10.1. The van der Waals surface area contributed by atoms with E-state index in [0.717, 1.165) is 10.2 Å². The molecule has 0 aliphatic carbocycles. The van der Waals surface area contributed by atoms with Gasteiger partial charge in [-0.1, -0.05) is 28.1 Å². The zero-order valence-corrected chi connectivity index (χ0v) is 21.0. The number of carbonyl (C=O) groups excluding carboxylic acids is 2. The molecule has 3 rings (SSSR count). The molecule has 1 aliphatic rings. The van der Waals surface area contributed by atoms with Crippen LogP contribution in [0.5, 0.6) is 0 Å². The van der Waals surface area contributed by atoms with Crippen molar-refractivity contribution in [2.24, 2.45) is 0 Å². The average Bonchev–Trinajstić information content (AvgIpc) is 2.71. The first-order valence-electron chi connectivity index (χ1n) is 10.7. The van der Waals surface area contributed by atoms with E-state index in [1.165, 1.54) is 0 Å². The third-order valence-corrected chi connectivity index (χ3v) is 5.25. The molecule has 174 valence electrons. The molecule has 0 radical (unpaired) electrons. The Balaban J connectivity index is 0.000000520. The second kappa shape index (κ2) is 12.0. The maximum atomic E-state index is 12.4. The first-order valence-corrected chi connectivity index (χ1v) is 11.5. The van der Waals surface area contributed by atoms with Gasteiger partial charge in [-0.2, -0.15) is 0 Å². The van der Waals surface area contributed by atoms with Crippen molar-refractivity contribution in [3.05, 3.63) is 59.3 Å². The fourth-order valence-corrected chi connectivity index (χ4v) is 3.79. The molecule has 1 aromatic carbocycles. The van der Waals surface area contributed by atoms with Crippen molar-refractivity contribution in [2.75, 3.05) is 25.0 Å². The summed E-state index contributed by atoms with van der Waals surface area (Å²) in [6.45, 7) is 11.0. The zero-order valence-electron chi connectivity index (χ0n) is 19.4. The van der Waals surface area contributed by atoms with Gasteiger partial charge in [0.05, 0.1) is 6.54 Å². The number of benzene rings is 1. The number of amides is 2. The van der Waals surface area contributed by atoms with Gasteiger partial charge in [0.2, 0.25) is 5.91 Å². The van der Waals surface area contributed by atoms with Crippen molar-refractivity contribution in [1.29, 1.82) is 0 Å². The highest BCUT2D eigenvalue weighted by molar-refractivity contribution is 9.10. The van der Waals surface area contributed by atoms with Crippen molar-refractivity contribution < 1.29 is 14.3 Å². The lowest BCUT2D eigenvalue weighted by Gasteiger charge is -2.44. The van der Waals surface area contributed by atoms with Gasteiger partial charge >= 0.3 is 6.09 Å². The van der Waals surface area contributed by atoms with Gasteiger partial charge in [0.25, 0.3) is 0 Å². The average molecular weight is 505 g/mol. The molecule has 1 N–H and O–H groups in total. The second-order valence-electron chi connectivity index (χ2n) is 8.84. The number of halogens is 1. The number of aromatic nitrogens is 1. The predicted molar refractivity (Wildman–Crippen MR) is 130 cm³/mol. The van der Waals surface area contributed by atoms with Gasteiger partial charge < -0.3 is 15.0 Å². The van der Waals surface area contributed by atoms with Gasteiger partial charge in [-0.05, 0) is 65.0 Å². The first-order chi connectivity index (χ1) is 15.0. The molecule has 1 fully saturated rings. The van der Waals surface area contributed by atoms with Crippen molar-refractivity contribution in [2.45, 2.75) is 52.3 Å². The number of anilines is 1. The molecule has 7 nitrogen and oxygen atoms in total. The van der Waals surface area contributed by atoms with Gasteiger partial charge in [-0.15, -0.1) is 0 Å². The van der Waals surface area contributed by atoms with Crippen LogP contribution in [0.4, 0.5) is 10.5 Å². The Hall–Kier alpha value is -2.45. The molecule has 2 heterocycles. The van der Waals surface area contributed by atoms with E-state index in [4.69, 9.17) is 4.74 Å². The van der Waals surface area contributed by atoms with E-state index in [9.17, 15) is 9.59 Å². The number of rotatable bonds is 3. The van der Waals surface area contributed by atoms with Crippen LogP contribution >= 0.6 is 15.9 Å². The van der Waals surface area contributed by atoms with E-state index in [0.29, 0.717) is 13.1 Å². The van der Waals surface area contributed by atoms with E-state index in [2.05, 4.69) is 31.1 Å². The van der Waals surface area contributed by atoms with Crippen LogP contribution in [-0.4, -0.2) is 64.1 Å². The number of pyridine rings is 1. The first kappa shape index (κ1) is 25.8. The largest absolute Gasteiger partial charge is 0.444 e. The molecule has 2 atom stereocenters. The normalized spacial score (nSPS) is 18.9. The molecular weight excluding hydrogens is 472 g/mol. The number of hydrogen-bond acceptors (Lipinski definition) is 5. The molecular formula is C24H33BrN4O3. The molecule has 2 amide bonds. The van der Waals surface area contributed by atoms with Crippen molar-refractivity contribution in [3.8, 4) is 0 Å². The van der Waals surface area contributed by atoms with Gasteiger partial charge in [0.15, 0.2) is 0 Å². The summed E-state index contributed by atoms with van der Waals surface area (Å²) in [6.07, 6.45) is 3.20. The highest BCUT2D eigenvalue weighted by atomic mass is 79.9. The minimum absolute atomic E-state index is 0.0625. The van der Waals surface area contributed by atoms with Crippen LogP contribution in [0.3, 0.4) is 0 Å². The fraction of sp³-hybridized carbons (Fsp3) is 0.458. The third kappa shape index (κ3) is 8.96. The lowest BCUT2D eigenvalue weighted by molar-refractivity contribution is -0.119. The molecule has 0 unspecified atom stereocenters. The Morgan fingerprint density at radius 1 is 1.09 bits per heavy atom. The maximum Gasteiger partial charge on any atom is 0.410 e. The van der Waals surface area contributed by atoms with Crippen molar-refractivity contribution in [1.82, 2.24) is 14.8 Å². The summed E-state index contributed by atoms with van der Waals surface area (Å²) in [5.41, 5.74) is 0.252. The molecule has 2 aromatic rings. The predicted octanol–water partition coefficient (Wildman–Crippen LogP) is 4.80. The molecule has 0 bridgehead atoms. The van der Waals surface area contributed by atoms with Gasteiger partial charge in [-0.3, -0.25) is 14.7 Å². The van der Waals surface area contributed by atoms with Crippen LogP contribution in [0.2, 0.25) is 0 Å². The Labute approximate surface area is 199 Å². The van der Waals surface area contributed by atoms with E-state index in [-0.39, 0.29) is 30.6 Å². The SMILES string of the molecule is C[C@@H]1CN(C(=O)OC(C)(C)C)C[C@H](C)N1CC(=O)Nc1cccc(Br)c1.c1ccncc1. The summed E-state index contributed by atoms with van der Waals surface area (Å²) < 4.78 is 6.38. The Morgan fingerprint density at radius 2 is 1.72 bits per heavy atom. The number of hydrogen-bond donors (Lipinski definition) is 1. The van der Waals surface area contributed by atoms with Crippen LogP contribution in [0.25, 0.3) is 0 Å². The standard InChI is InChI=1S/C19H28BrN3O3.C5H5N/c1-13-10-22(18(25)26-19(3,4)5)11-14(2)23(13)12-17(24)21-16-8-6-7-15(20)9-16;1-2-4-6-5-3-1/h6-9,13-14H,10-12H2,1-5H3,(H,21,24);1-5H/t13-,14+;. The van der Waals surface area contributed by atoms with Crippen LogP contribution in [0.15, 0.2) is 59.3 Å². The molecule has 1 aromatic heterocycles. The highest BCUT2D eigenvalue weighted by Crippen LogP contribution is 2.20. The van der Waals surface area contributed by atoms with Crippen molar-refractivity contribution in [3.63, 3.8) is 0 Å². The summed E-state index contributed by atoms with van der Waals surface area (Å²) in [7, 11) is 0. The van der Waals surface area contributed by atoms with Crippen molar-refractivity contribution >= 4 is 33.6 Å². The molecule has 0 spiro atoms. The minimum atomic E-state index is -0.509. The number of nitrogens with zero attached hydrogens (tertiary/aromatic N) is 3. The van der Waals surface area contributed by atoms with E-state index >= 15 is 0 Å². The van der Waals surface area contributed by atoms with Gasteiger partial charge in [0, 0.05) is 47.7 Å². The Bertz CT molecular complexity index is 834. The van der Waals surface area contributed by atoms with E-state index in [1.54, 1.807) is 17.3 Å². The summed E-state index contributed by atoms with van der Waals surface area (Å²) in [4.78, 5) is 32.4. The molecule has 1 saturated heterocycles.